The molecule has 100 valence electrons. The quantitative estimate of drug-likeness (QED) is 0.878. The number of nitrogens with zero attached hydrogens (tertiary/aromatic N) is 1. The molecule has 1 aliphatic heterocycles. The van der Waals surface area contributed by atoms with Crippen LogP contribution >= 0.6 is 0 Å². The molecule has 18 heavy (non-hydrogen) atoms. The van der Waals surface area contributed by atoms with E-state index in [4.69, 9.17) is 0 Å². The highest BCUT2D eigenvalue weighted by Gasteiger charge is 2.26. The Morgan fingerprint density at radius 3 is 2.94 bits per heavy atom. The van der Waals surface area contributed by atoms with Crippen LogP contribution in [0, 0.1) is 6.92 Å². The van der Waals surface area contributed by atoms with Gasteiger partial charge in [-0.3, -0.25) is 4.90 Å². The third-order valence-corrected chi connectivity index (χ3v) is 4.16. The first-order valence-corrected chi connectivity index (χ1v) is 7.17. The minimum absolute atomic E-state index is 0.579. The van der Waals surface area contributed by atoms with Crippen LogP contribution in [0.25, 0.3) is 0 Å². The molecule has 2 nitrogen and oxygen atoms in total. The van der Waals surface area contributed by atoms with Gasteiger partial charge in [0.1, 0.15) is 0 Å². The van der Waals surface area contributed by atoms with Gasteiger partial charge in [-0.2, -0.15) is 0 Å². The first-order valence-electron chi connectivity index (χ1n) is 7.17. The van der Waals surface area contributed by atoms with E-state index >= 15 is 0 Å². The highest BCUT2D eigenvalue weighted by Crippen LogP contribution is 2.22. The number of aryl methyl sites for hydroxylation is 1. The lowest BCUT2D eigenvalue weighted by molar-refractivity contribution is 0.114. The van der Waals surface area contributed by atoms with Crippen LogP contribution in [0.1, 0.15) is 37.3 Å². The summed E-state index contributed by atoms with van der Waals surface area (Å²) in [6.45, 7) is 6.82. The van der Waals surface area contributed by atoms with Gasteiger partial charge in [-0.05, 0) is 45.8 Å². The van der Waals surface area contributed by atoms with Crippen molar-refractivity contribution in [1.29, 1.82) is 0 Å². The maximum atomic E-state index is 3.42. The van der Waals surface area contributed by atoms with Gasteiger partial charge in [-0.25, -0.2) is 0 Å². The van der Waals surface area contributed by atoms with E-state index in [1.54, 1.807) is 0 Å². The molecule has 0 saturated carbocycles. The van der Waals surface area contributed by atoms with Crippen LogP contribution in [0.3, 0.4) is 0 Å². The Bertz CT molecular complexity index is 375. The Kier molecular flexibility index (Phi) is 4.79. The molecule has 2 unspecified atom stereocenters. The second-order valence-corrected chi connectivity index (χ2v) is 5.60. The van der Waals surface area contributed by atoms with E-state index < -0.39 is 0 Å². The zero-order valence-corrected chi connectivity index (χ0v) is 11.9. The van der Waals surface area contributed by atoms with Crippen LogP contribution in [0.4, 0.5) is 0 Å². The molecule has 0 amide bonds. The van der Waals surface area contributed by atoms with Gasteiger partial charge in [0.05, 0.1) is 0 Å². The first-order chi connectivity index (χ1) is 8.70. The number of hydrogen-bond acceptors (Lipinski definition) is 2. The van der Waals surface area contributed by atoms with Crippen molar-refractivity contribution in [3.8, 4) is 0 Å². The van der Waals surface area contributed by atoms with Gasteiger partial charge in [0.25, 0.3) is 0 Å². The monoisotopic (exact) mass is 246 g/mol. The molecule has 2 rings (SSSR count). The van der Waals surface area contributed by atoms with Gasteiger partial charge in [-0.15, -0.1) is 0 Å². The second-order valence-electron chi connectivity index (χ2n) is 5.60. The number of hydrogen-bond donors (Lipinski definition) is 1. The van der Waals surface area contributed by atoms with Gasteiger partial charge >= 0.3 is 0 Å². The predicted molar refractivity (Wildman–Crippen MR) is 77.7 cm³/mol. The summed E-state index contributed by atoms with van der Waals surface area (Å²) in [6.07, 6.45) is 4.05. The van der Waals surface area contributed by atoms with E-state index in [0.29, 0.717) is 12.1 Å². The van der Waals surface area contributed by atoms with Crippen LogP contribution in [-0.4, -0.2) is 30.6 Å². The third-order valence-electron chi connectivity index (χ3n) is 4.16. The molecule has 2 heteroatoms. The molecule has 1 heterocycles. The molecule has 0 radical (unpaired) electrons. The molecule has 1 aliphatic rings. The van der Waals surface area contributed by atoms with Gasteiger partial charge in [-0.1, -0.05) is 36.2 Å². The lowest BCUT2D eigenvalue weighted by Crippen LogP contribution is -2.49. The summed E-state index contributed by atoms with van der Waals surface area (Å²) >= 11 is 0. The van der Waals surface area contributed by atoms with Crippen LogP contribution in [0.15, 0.2) is 24.3 Å². The van der Waals surface area contributed by atoms with Crippen molar-refractivity contribution >= 4 is 0 Å². The summed E-state index contributed by atoms with van der Waals surface area (Å²) < 4.78 is 0. The molecule has 0 aliphatic carbocycles. The fourth-order valence-electron chi connectivity index (χ4n) is 3.02. The SMILES string of the molecule is CNC(C)C1CCCCN1Cc1cccc(C)c1. The molecule has 0 bridgehead atoms. The lowest BCUT2D eigenvalue weighted by Gasteiger charge is -2.39. The van der Waals surface area contributed by atoms with Crippen LogP contribution in [0.2, 0.25) is 0 Å². The summed E-state index contributed by atoms with van der Waals surface area (Å²) in [7, 11) is 2.07. The minimum Gasteiger partial charge on any atom is -0.316 e. The molecule has 0 spiro atoms. The summed E-state index contributed by atoms with van der Waals surface area (Å²) in [5.74, 6) is 0. The maximum absolute atomic E-state index is 3.42. The zero-order valence-electron chi connectivity index (χ0n) is 11.9. The molecule has 1 fully saturated rings. The smallest absolute Gasteiger partial charge is 0.0250 e. The summed E-state index contributed by atoms with van der Waals surface area (Å²) in [5, 5.41) is 3.42. The van der Waals surface area contributed by atoms with E-state index in [2.05, 4.69) is 55.4 Å². The standard InChI is InChI=1S/C16H26N2/c1-13-7-6-8-15(11-13)12-18-10-5-4-9-16(18)14(2)17-3/h6-8,11,14,16-17H,4-5,9-10,12H2,1-3H3. The van der Waals surface area contributed by atoms with Gasteiger partial charge in [0.2, 0.25) is 0 Å². The Morgan fingerprint density at radius 1 is 1.39 bits per heavy atom. The number of likely N-dealkylation sites (tertiary alicyclic amines) is 1. The highest BCUT2D eigenvalue weighted by atomic mass is 15.2. The molecular weight excluding hydrogens is 220 g/mol. The fraction of sp³-hybridized carbons (Fsp3) is 0.625. The van der Waals surface area contributed by atoms with E-state index in [1.165, 1.54) is 36.9 Å². The van der Waals surface area contributed by atoms with Crippen LogP contribution < -0.4 is 5.32 Å². The summed E-state index contributed by atoms with van der Waals surface area (Å²) in [4.78, 5) is 2.65. The number of nitrogens with one attached hydrogen (secondary N) is 1. The largest absolute Gasteiger partial charge is 0.316 e. The topological polar surface area (TPSA) is 15.3 Å². The van der Waals surface area contributed by atoms with Crippen molar-refractivity contribution in [3.05, 3.63) is 35.4 Å². The highest BCUT2D eigenvalue weighted by molar-refractivity contribution is 5.22. The van der Waals surface area contributed by atoms with Crippen molar-refractivity contribution < 1.29 is 0 Å². The number of benzene rings is 1. The molecule has 0 aromatic heterocycles. The van der Waals surface area contributed by atoms with Crippen LogP contribution in [-0.2, 0) is 6.54 Å². The van der Waals surface area contributed by atoms with E-state index in [1.807, 2.05) is 0 Å². The predicted octanol–water partition coefficient (Wildman–Crippen LogP) is 2.96. The number of piperidine rings is 1. The summed E-state index contributed by atoms with van der Waals surface area (Å²) in [6, 6.07) is 10.2. The second kappa shape index (κ2) is 6.35. The third kappa shape index (κ3) is 3.33. The molecule has 1 aromatic rings. The van der Waals surface area contributed by atoms with Gasteiger partial charge in [0, 0.05) is 18.6 Å². The lowest BCUT2D eigenvalue weighted by atomic mass is 9.95. The Balaban J connectivity index is 2.05. The van der Waals surface area contributed by atoms with Crippen molar-refractivity contribution in [3.63, 3.8) is 0 Å². The van der Waals surface area contributed by atoms with Crippen molar-refractivity contribution in [1.82, 2.24) is 10.2 Å². The van der Waals surface area contributed by atoms with Crippen molar-refractivity contribution in [2.45, 2.75) is 51.7 Å². The average Bonchev–Trinajstić information content (AvgIpc) is 2.38. The Morgan fingerprint density at radius 2 is 2.22 bits per heavy atom. The summed E-state index contributed by atoms with van der Waals surface area (Å²) in [5.41, 5.74) is 2.81. The average molecular weight is 246 g/mol. The Labute approximate surface area is 111 Å². The molecule has 2 atom stereocenters. The zero-order chi connectivity index (χ0) is 13.0. The van der Waals surface area contributed by atoms with E-state index in [9.17, 15) is 0 Å². The molecule has 1 aromatic carbocycles. The molecule has 1 N–H and O–H groups in total. The van der Waals surface area contributed by atoms with E-state index in [0.717, 1.165) is 6.54 Å². The van der Waals surface area contributed by atoms with Crippen molar-refractivity contribution in [2.75, 3.05) is 13.6 Å². The number of rotatable bonds is 4. The molecule has 1 saturated heterocycles. The normalized spacial score (nSPS) is 22.9. The van der Waals surface area contributed by atoms with Gasteiger partial charge < -0.3 is 5.32 Å². The fourth-order valence-corrected chi connectivity index (χ4v) is 3.02. The van der Waals surface area contributed by atoms with Crippen LogP contribution in [0.5, 0.6) is 0 Å². The maximum Gasteiger partial charge on any atom is 0.0250 e. The van der Waals surface area contributed by atoms with E-state index in [-0.39, 0.29) is 0 Å². The Hall–Kier alpha value is -0.860. The molecular formula is C16H26N2. The number of likely N-dealkylation sites (N-methyl/N-ethyl adjacent to an activating group) is 1. The minimum atomic E-state index is 0.579. The first kappa shape index (κ1) is 13.6. The van der Waals surface area contributed by atoms with Gasteiger partial charge in [0.15, 0.2) is 0 Å². The van der Waals surface area contributed by atoms with Crippen molar-refractivity contribution in [2.24, 2.45) is 0 Å².